The molecule has 0 atom stereocenters. The van der Waals surface area contributed by atoms with Gasteiger partial charge in [-0.05, 0) is 49.0 Å². The summed E-state index contributed by atoms with van der Waals surface area (Å²) in [6.07, 6.45) is 15.1. The van der Waals surface area contributed by atoms with E-state index in [0.29, 0.717) is 0 Å². The molecule has 0 heterocycles. The van der Waals surface area contributed by atoms with Crippen LogP contribution in [0.25, 0.3) is 0 Å². The summed E-state index contributed by atoms with van der Waals surface area (Å²) in [5.74, 6) is 11.8. The van der Waals surface area contributed by atoms with Crippen molar-refractivity contribution in [3.05, 3.63) is 12.2 Å². The van der Waals surface area contributed by atoms with Crippen molar-refractivity contribution < 1.29 is 9.90 Å². The molecule has 0 saturated carbocycles. The number of unbranched alkanes of at least 4 members (excludes halogenated alkanes) is 5. The highest BCUT2D eigenvalue weighted by Crippen LogP contribution is 2.07. The molecule has 0 bridgehead atoms. The van der Waals surface area contributed by atoms with Crippen molar-refractivity contribution in [1.82, 2.24) is 0 Å². The zero-order valence-corrected chi connectivity index (χ0v) is 10.5. The molecule has 18 heavy (non-hydrogen) atoms. The zero-order chi connectivity index (χ0) is 13.5. The van der Waals surface area contributed by atoms with E-state index in [-0.39, 0.29) is 6.42 Å². The van der Waals surface area contributed by atoms with Crippen molar-refractivity contribution in [1.29, 1.82) is 0 Å². The van der Waals surface area contributed by atoms with Gasteiger partial charge >= 0.3 is 5.97 Å². The van der Waals surface area contributed by atoms with Crippen molar-refractivity contribution in [2.45, 2.75) is 44.9 Å². The van der Waals surface area contributed by atoms with Crippen molar-refractivity contribution >= 4 is 5.97 Å². The van der Waals surface area contributed by atoms with Gasteiger partial charge in [-0.1, -0.05) is 31.3 Å². The predicted molar refractivity (Wildman–Crippen MR) is 73.5 cm³/mol. The van der Waals surface area contributed by atoms with Crippen LogP contribution in [0.1, 0.15) is 44.9 Å². The minimum absolute atomic E-state index is 0.286. The van der Waals surface area contributed by atoms with E-state index in [1.165, 1.54) is 0 Å². The number of hydrogen-bond acceptors (Lipinski definition) is 1. The standard InChI is InChI=1S/C16H18O2/c1-2-3-4-5-6-7-8-9-10-11-12-13-14-15-16(17)18/h1,7-8H,9-15H2,(H,17,18). The number of allylic oxidation sites excluding steroid dienone is 2. The van der Waals surface area contributed by atoms with Gasteiger partial charge in [0.25, 0.3) is 0 Å². The average molecular weight is 242 g/mol. The number of carboxylic acid groups (broad SMARTS) is 1. The molecule has 0 unspecified atom stereocenters. The molecule has 0 fully saturated rings. The normalized spacial score (nSPS) is 8.83. The fraction of sp³-hybridized carbons (Fsp3) is 0.438. The number of terminal acetylenes is 1. The summed E-state index contributed by atoms with van der Waals surface area (Å²) in [7, 11) is 0. The highest BCUT2D eigenvalue weighted by Gasteiger charge is 1.95. The van der Waals surface area contributed by atoms with Crippen LogP contribution in [-0.2, 0) is 4.79 Å². The average Bonchev–Trinajstić information content (AvgIpc) is 2.34. The fourth-order valence-corrected chi connectivity index (χ4v) is 1.36. The number of aliphatic carboxylic acids is 1. The van der Waals surface area contributed by atoms with Gasteiger partial charge in [-0.3, -0.25) is 4.79 Å². The highest BCUT2D eigenvalue weighted by atomic mass is 16.4. The van der Waals surface area contributed by atoms with Crippen LogP contribution in [0.4, 0.5) is 0 Å². The molecule has 0 aliphatic heterocycles. The maximum absolute atomic E-state index is 10.3. The molecule has 0 aromatic rings. The number of carboxylic acids is 1. The minimum Gasteiger partial charge on any atom is -0.481 e. The van der Waals surface area contributed by atoms with Crippen molar-refractivity contribution in [3.8, 4) is 36.0 Å². The van der Waals surface area contributed by atoms with Gasteiger partial charge < -0.3 is 5.11 Å². The molecular weight excluding hydrogens is 224 g/mol. The SMILES string of the molecule is C#CC#CC#CC=CCCCCCCCC(=O)O. The van der Waals surface area contributed by atoms with Gasteiger partial charge in [-0.2, -0.15) is 0 Å². The van der Waals surface area contributed by atoms with E-state index in [1.807, 2.05) is 6.08 Å². The van der Waals surface area contributed by atoms with Gasteiger partial charge in [-0.15, -0.1) is 6.42 Å². The second-order valence-corrected chi connectivity index (χ2v) is 3.77. The highest BCUT2D eigenvalue weighted by molar-refractivity contribution is 5.66. The van der Waals surface area contributed by atoms with E-state index < -0.39 is 5.97 Å². The van der Waals surface area contributed by atoms with Crippen LogP contribution in [-0.4, -0.2) is 11.1 Å². The van der Waals surface area contributed by atoms with Gasteiger partial charge in [0.05, 0.1) is 0 Å². The van der Waals surface area contributed by atoms with Crippen LogP contribution in [0.3, 0.4) is 0 Å². The van der Waals surface area contributed by atoms with Gasteiger partial charge in [-0.25, -0.2) is 0 Å². The molecule has 0 saturated heterocycles. The van der Waals surface area contributed by atoms with E-state index in [9.17, 15) is 4.79 Å². The molecule has 0 aromatic heterocycles. The topological polar surface area (TPSA) is 37.3 Å². The van der Waals surface area contributed by atoms with Crippen LogP contribution in [0.15, 0.2) is 12.2 Å². The van der Waals surface area contributed by atoms with E-state index in [0.717, 1.165) is 38.5 Å². The molecule has 2 heteroatoms. The molecule has 0 spiro atoms. The Morgan fingerprint density at radius 1 is 1.06 bits per heavy atom. The third-order valence-corrected chi connectivity index (χ3v) is 2.23. The van der Waals surface area contributed by atoms with E-state index in [2.05, 4.69) is 29.6 Å². The summed E-state index contributed by atoms with van der Waals surface area (Å²) in [5, 5.41) is 8.45. The minimum atomic E-state index is -0.704. The van der Waals surface area contributed by atoms with Gasteiger partial charge in [0.15, 0.2) is 0 Å². The summed E-state index contributed by atoms with van der Waals surface area (Å²) in [6.45, 7) is 0. The largest absolute Gasteiger partial charge is 0.481 e. The molecule has 0 aromatic carbocycles. The van der Waals surface area contributed by atoms with Crippen molar-refractivity contribution in [2.24, 2.45) is 0 Å². The Labute approximate surface area is 109 Å². The maximum atomic E-state index is 10.3. The Balaban J connectivity index is 3.34. The molecule has 0 radical (unpaired) electrons. The van der Waals surface area contributed by atoms with Crippen LogP contribution in [0.2, 0.25) is 0 Å². The van der Waals surface area contributed by atoms with Crippen LogP contribution in [0, 0.1) is 36.0 Å². The number of rotatable bonds is 8. The van der Waals surface area contributed by atoms with Crippen molar-refractivity contribution in [2.75, 3.05) is 0 Å². The molecule has 0 rings (SSSR count). The van der Waals surface area contributed by atoms with Crippen LogP contribution in [0.5, 0.6) is 0 Å². The second-order valence-electron chi connectivity index (χ2n) is 3.77. The third kappa shape index (κ3) is 13.9. The van der Waals surface area contributed by atoms with Crippen LogP contribution >= 0.6 is 0 Å². The van der Waals surface area contributed by atoms with Crippen LogP contribution < -0.4 is 0 Å². The van der Waals surface area contributed by atoms with Gasteiger partial charge in [0, 0.05) is 6.42 Å². The lowest BCUT2D eigenvalue weighted by molar-refractivity contribution is -0.137. The first-order chi connectivity index (χ1) is 8.77. The predicted octanol–water partition coefficient (Wildman–Crippen LogP) is 3.00. The Morgan fingerprint density at radius 2 is 1.78 bits per heavy atom. The number of carbonyl (C=O) groups is 1. The molecule has 0 aliphatic carbocycles. The monoisotopic (exact) mass is 242 g/mol. The smallest absolute Gasteiger partial charge is 0.303 e. The van der Waals surface area contributed by atoms with Gasteiger partial charge in [0.1, 0.15) is 0 Å². The first-order valence-electron chi connectivity index (χ1n) is 6.10. The molecule has 1 N–H and O–H groups in total. The Morgan fingerprint density at radius 3 is 2.50 bits per heavy atom. The van der Waals surface area contributed by atoms with E-state index >= 15 is 0 Å². The quantitative estimate of drug-likeness (QED) is 0.525. The molecule has 0 amide bonds. The maximum Gasteiger partial charge on any atom is 0.303 e. The van der Waals surface area contributed by atoms with E-state index in [1.54, 1.807) is 6.08 Å². The Kier molecular flexibility index (Phi) is 11.4. The lowest BCUT2D eigenvalue weighted by atomic mass is 10.1. The summed E-state index contributed by atoms with van der Waals surface area (Å²) >= 11 is 0. The summed E-state index contributed by atoms with van der Waals surface area (Å²) in [5.41, 5.74) is 0. The van der Waals surface area contributed by atoms with Gasteiger partial charge in [0.2, 0.25) is 0 Å². The molecule has 0 aliphatic rings. The second kappa shape index (κ2) is 13.0. The summed E-state index contributed by atoms with van der Waals surface area (Å²) in [6, 6.07) is 0. The third-order valence-electron chi connectivity index (χ3n) is 2.23. The Bertz CT molecular complexity index is 416. The Hall–Kier alpha value is -2.11. The van der Waals surface area contributed by atoms with Crippen molar-refractivity contribution in [3.63, 3.8) is 0 Å². The lowest BCUT2D eigenvalue weighted by Gasteiger charge is -1.97. The molecule has 94 valence electrons. The summed E-state index contributed by atoms with van der Waals surface area (Å²) in [4.78, 5) is 10.3. The first kappa shape index (κ1) is 15.9. The zero-order valence-electron chi connectivity index (χ0n) is 10.5. The van der Waals surface area contributed by atoms with E-state index in [4.69, 9.17) is 11.5 Å². The number of hydrogen-bond donors (Lipinski definition) is 1. The molecule has 2 nitrogen and oxygen atoms in total. The fourth-order valence-electron chi connectivity index (χ4n) is 1.36. The summed E-state index contributed by atoms with van der Waals surface area (Å²) < 4.78 is 0. The molecular formula is C16H18O2. The lowest BCUT2D eigenvalue weighted by Crippen LogP contribution is -1.93. The first-order valence-corrected chi connectivity index (χ1v) is 6.10.